The Hall–Kier alpha value is -1.59. The number of carbonyl (C=O) groups excluding carboxylic acids is 1. The minimum atomic E-state index is -0.538. The number of benzene rings is 1. The molecular formula is C11H17N3O2. The first-order valence-corrected chi connectivity index (χ1v) is 5.06. The summed E-state index contributed by atoms with van der Waals surface area (Å²) >= 11 is 0. The van der Waals surface area contributed by atoms with Gasteiger partial charge in [-0.15, -0.1) is 0 Å². The van der Waals surface area contributed by atoms with E-state index in [0.29, 0.717) is 12.1 Å². The summed E-state index contributed by atoms with van der Waals surface area (Å²) in [5, 5.41) is 8.85. The summed E-state index contributed by atoms with van der Waals surface area (Å²) in [6.45, 7) is 0.00971. The normalized spacial score (nSPS) is 12.2. The van der Waals surface area contributed by atoms with Crippen LogP contribution >= 0.6 is 0 Å². The van der Waals surface area contributed by atoms with Crippen LogP contribution in [0.5, 0.6) is 0 Å². The maximum Gasteiger partial charge on any atom is 0.319 e. The highest BCUT2D eigenvalue weighted by Gasteiger charge is 2.15. The van der Waals surface area contributed by atoms with Crippen molar-refractivity contribution in [1.82, 2.24) is 0 Å². The zero-order valence-corrected chi connectivity index (χ0v) is 9.26. The van der Waals surface area contributed by atoms with Crippen LogP contribution in [0.3, 0.4) is 0 Å². The molecule has 0 aliphatic heterocycles. The molecule has 0 fully saturated rings. The van der Waals surface area contributed by atoms with Crippen molar-refractivity contribution in [3.63, 3.8) is 0 Å². The molecule has 1 aromatic carbocycles. The highest BCUT2D eigenvalue weighted by molar-refractivity contribution is 5.91. The number of hydrogen-bond acceptors (Lipinski definition) is 3. The Morgan fingerprint density at radius 2 is 2.12 bits per heavy atom. The van der Waals surface area contributed by atoms with Gasteiger partial charge >= 0.3 is 6.03 Å². The van der Waals surface area contributed by atoms with Crippen LogP contribution in [0, 0.1) is 0 Å². The number of hydrogen-bond donors (Lipinski definition) is 3. The number of nitrogens with zero attached hydrogens (tertiary/aromatic N) is 1. The molecule has 88 valence electrons. The number of para-hydroxylation sites is 1. The Kier molecular flexibility index (Phi) is 4.28. The number of aliphatic hydroxyl groups is 1. The zero-order valence-electron chi connectivity index (χ0n) is 9.26. The summed E-state index contributed by atoms with van der Waals surface area (Å²) in [5.41, 5.74) is 12.6. The Morgan fingerprint density at radius 3 is 2.69 bits per heavy atom. The number of primary amides is 1. The fraction of sp³-hybridized carbons (Fsp3) is 0.364. The van der Waals surface area contributed by atoms with E-state index < -0.39 is 6.03 Å². The van der Waals surface area contributed by atoms with Gasteiger partial charge in [0, 0.05) is 25.4 Å². The van der Waals surface area contributed by atoms with Crippen molar-refractivity contribution in [3.05, 3.63) is 29.8 Å². The van der Waals surface area contributed by atoms with Gasteiger partial charge in [0.1, 0.15) is 0 Å². The molecule has 0 heterocycles. The molecule has 1 aromatic rings. The highest BCUT2D eigenvalue weighted by atomic mass is 16.3. The van der Waals surface area contributed by atoms with E-state index in [1.165, 1.54) is 4.90 Å². The molecule has 5 heteroatoms. The number of urea groups is 1. The van der Waals surface area contributed by atoms with Crippen molar-refractivity contribution in [2.24, 2.45) is 11.5 Å². The van der Waals surface area contributed by atoms with Gasteiger partial charge in [-0.1, -0.05) is 18.2 Å². The van der Waals surface area contributed by atoms with Crippen LogP contribution in [0.15, 0.2) is 24.3 Å². The second-order valence-corrected chi connectivity index (χ2v) is 3.57. The van der Waals surface area contributed by atoms with Gasteiger partial charge in [0.05, 0.1) is 0 Å². The van der Waals surface area contributed by atoms with Gasteiger partial charge in [-0.25, -0.2) is 4.79 Å². The summed E-state index contributed by atoms with van der Waals surface area (Å²) in [5.74, 6) is 0. The van der Waals surface area contributed by atoms with Gasteiger partial charge in [0.25, 0.3) is 0 Å². The van der Waals surface area contributed by atoms with Crippen LogP contribution in [-0.2, 0) is 0 Å². The molecular weight excluding hydrogens is 206 g/mol. The lowest BCUT2D eigenvalue weighted by Gasteiger charge is -2.21. The SMILES string of the molecule is CN(C(N)=O)c1ccccc1C(N)CCO. The number of nitrogens with two attached hydrogens (primary N) is 2. The highest BCUT2D eigenvalue weighted by Crippen LogP contribution is 2.25. The molecule has 0 radical (unpaired) electrons. The summed E-state index contributed by atoms with van der Waals surface area (Å²) in [6, 6.07) is 6.41. The summed E-state index contributed by atoms with van der Waals surface area (Å²) in [7, 11) is 1.59. The van der Waals surface area contributed by atoms with Crippen molar-refractivity contribution in [2.45, 2.75) is 12.5 Å². The molecule has 0 aromatic heterocycles. The quantitative estimate of drug-likeness (QED) is 0.697. The van der Waals surface area contributed by atoms with E-state index in [9.17, 15) is 4.79 Å². The summed E-state index contributed by atoms with van der Waals surface area (Å²) in [6.07, 6.45) is 0.448. The molecule has 1 rings (SSSR count). The fourth-order valence-corrected chi connectivity index (χ4v) is 1.52. The second-order valence-electron chi connectivity index (χ2n) is 3.57. The Balaban J connectivity index is 3.04. The van der Waals surface area contributed by atoms with Gasteiger partial charge < -0.3 is 16.6 Å². The van der Waals surface area contributed by atoms with E-state index >= 15 is 0 Å². The lowest BCUT2D eigenvalue weighted by Crippen LogP contribution is -2.33. The molecule has 1 unspecified atom stereocenters. The third-order valence-corrected chi connectivity index (χ3v) is 2.47. The number of anilines is 1. The smallest absolute Gasteiger partial charge is 0.319 e. The third-order valence-electron chi connectivity index (χ3n) is 2.47. The van der Waals surface area contributed by atoms with Crippen LogP contribution in [0.2, 0.25) is 0 Å². The van der Waals surface area contributed by atoms with E-state index in [1.54, 1.807) is 13.1 Å². The molecule has 5 N–H and O–H groups in total. The molecule has 16 heavy (non-hydrogen) atoms. The first kappa shape index (κ1) is 12.5. The minimum absolute atomic E-state index is 0.00971. The van der Waals surface area contributed by atoms with Crippen molar-refractivity contribution in [3.8, 4) is 0 Å². The fourth-order valence-electron chi connectivity index (χ4n) is 1.52. The number of rotatable bonds is 4. The van der Waals surface area contributed by atoms with E-state index in [2.05, 4.69) is 0 Å². The summed E-state index contributed by atoms with van der Waals surface area (Å²) < 4.78 is 0. The van der Waals surface area contributed by atoms with Gasteiger partial charge in [-0.3, -0.25) is 4.90 Å². The van der Waals surface area contributed by atoms with Gasteiger partial charge in [0.2, 0.25) is 0 Å². The predicted molar refractivity (Wildman–Crippen MR) is 63.1 cm³/mol. The molecule has 0 aliphatic rings. The van der Waals surface area contributed by atoms with Crippen LogP contribution < -0.4 is 16.4 Å². The predicted octanol–water partition coefficient (Wildman–Crippen LogP) is 0.584. The van der Waals surface area contributed by atoms with Crippen molar-refractivity contribution < 1.29 is 9.90 Å². The molecule has 0 saturated heterocycles. The second kappa shape index (κ2) is 5.48. The van der Waals surface area contributed by atoms with E-state index in [1.807, 2.05) is 18.2 Å². The van der Waals surface area contributed by atoms with Crippen molar-refractivity contribution >= 4 is 11.7 Å². The topological polar surface area (TPSA) is 92.6 Å². The average Bonchev–Trinajstić information content (AvgIpc) is 2.28. The molecule has 0 bridgehead atoms. The largest absolute Gasteiger partial charge is 0.396 e. The molecule has 0 aliphatic carbocycles. The third kappa shape index (κ3) is 2.71. The minimum Gasteiger partial charge on any atom is -0.396 e. The number of amides is 2. The van der Waals surface area contributed by atoms with Crippen molar-refractivity contribution in [1.29, 1.82) is 0 Å². The molecule has 5 nitrogen and oxygen atoms in total. The monoisotopic (exact) mass is 223 g/mol. The number of carbonyl (C=O) groups is 1. The van der Waals surface area contributed by atoms with Crippen LogP contribution in [0.4, 0.5) is 10.5 Å². The van der Waals surface area contributed by atoms with Crippen molar-refractivity contribution in [2.75, 3.05) is 18.6 Å². The van der Waals surface area contributed by atoms with E-state index in [-0.39, 0.29) is 12.6 Å². The number of aliphatic hydroxyl groups excluding tert-OH is 1. The molecule has 0 saturated carbocycles. The zero-order chi connectivity index (χ0) is 12.1. The Bertz CT molecular complexity index is 368. The first-order valence-electron chi connectivity index (χ1n) is 5.06. The van der Waals surface area contributed by atoms with Crippen LogP contribution in [0.25, 0.3) is 0 Å². The Labute approximate surface area is 94.7 Å². The summed E-state index contributed by atoms with van der Waals surface area (Å²) in [4.78, 5) is 12.4. The molecule has 0 spiro atoms. The average molecular weight is 223 g/mol. The lowest BCUT2D eigenvalue weighted by molar-refractivity contribution is 0.255. The van der Waals surface area contributed by atoms with Crippen LogP contribution in [0.1, 0.15) is 18.0 Å². The van der Waals surface area contributed by atoms with E-state index in [4.69, 9.17) is 16.6 Å². The van der Waals surface area contributed by atoms with Gasteiger partial charge in [-0.2, -0.15) is 0 Å². The van der Waals surface area contributed by atoms with Gasteiger partial charge in [-0.05, 0) is 18.1 Å². The maximum atomic E-state index is 11.1. The van der Waals surface area contributed by atoms with Crippen LogP contribution in [-0.4, -0.2) is 24.8 Å². The Morgan fingerprint density at radius 1 is 1.50 bits per heavy atom. The molecule has 1 atom stereocenters. The standard InChI is InChI=1S/C11H17N3O2/c1-14(11(13)16)10-5-3-2-4-8(10)9(12)6-7-15/h2-5,9,15H,6-7,12H2,1H3,(H2,13,16). The van der Waals surface area contributed by atoms with Gasteiger partial charge in [0.15, 0.2) is 0 Å². The lowest BCUT2D eigenvalue weighted by atomic mass is 10.0. The molecule has 2 amide bonds. The van der Waals surface area contributed by atoms with E-state index in [0.717, 1.165) is 5.56 Å². The maximum absolute atomic E-state index is 11.1. The first-order chi connectivity index (χ1) is 7.57.